The highest BCUT2D eigenvalue weighted by Crippen LogP contribution is 2.28. The predicted molar refractivity (Wildman–Crippen MR) is 112 cm³/mol. The summed E-state index contributed by atoms with van der Waals surface area (Å²) in [7, 11) is 0. The van der Waals surface area contributed by atoms with E-state index in [0.29, 0.717) is 35.8 Å². The Morgan fingerprint density at radius 3 is 2.47 bits per heavy atom. The Morgan fingerprint density at radius 2 is 1.81 bits per heavy atom. The fourth-order valence-corrected chi connectivity index (χ4v) is 3.66. The van der Waals surface area contributed by atoms with Gasteiger partial charge < -0.3 is 19.3 Å². The number of benzene rings is 2. The van der Waals surface area contributed by atoms with E-state index in [9.17, 15) is 18.0 Å². The molecule has 0 aliphatic rings. The maximum absolute atomic E-state index is 12.3. The van der Waals surface area contributed by atoms with Crippen LogP contribution >= 0.6 is 11.3 Å². The largest absolute Gasteiger partial charge is 0.573 e. The molecule has 1 heterocycles. The number of ether oxygens (including phenoxy) is 3. The number of nitrogens with zero attached hydrogens (tertiary/aromatic N) is 1. The van der Waals surface area contributed by atoms with Gasteiger partial charge in [-0.05, 0) is 61.4 Å². The summed E-state index contributed by atoms with van der Waals surface area (Å²) in [4.78, 5) is 15.1. The second-order valence-electron chi connectivity index (χ2n) is 6.76. The van der Waals surface area contributed by atoms with Crippen molar-refractivity contribution in [1.29, 1.82) is 0 Å². The van der Waals surface area contributed by atoms with Gasteiger partial charge in [-0.3, -0.25) is 0 Å². The average Bonchev–Trinajstić information content (AvgIpc) is 3.19. The summed E-state index contributed by atoms with van der Waals surface area (Å²) in [5, 5.41) is 11.4. The number of rotatable bonds is 10. The van der Waals surface area contributed by atoms with Crippen LogP contribution in [0, 0.1) is 6.92 Å². The van der Waals surface area contributed by atoms with Crippen molar-refractivity contribution in [2.24, 2.45) is 0 Å². The van der Waals surface area contributed by atoms with E-state index in [1.807, 2.05) is 12.3 Å². The zero-order chi connectivity index (χ0) is 23.1. The number of halogens is 3. The lowest BCUT2D eigenvalue weighted by Gasteiger charge is -2.10. The van der Waals surface area contributed by atoms with Crippen LogP contribution in [0.2, 0.25) is 0 Å². The summed E-state index contributed by atoms with van der Waals surface area (Å²) in [6, 6.07) is 10.8. The molecule has 0 fully saturated rings. The average molecular weight is 467 g/mol. The number of thiazole rings is 1. The fraction of sp³-hybridized carbons (Fsp3) is 0.273. The molecule has 10 heteroatoms. The first-order valence-corrected chi connectivity index (χ1v) is 10.5. The van der Waals surface area contributed by atoms with E-state index in [0.717, 1.165) is 17.0 Å². The summed E-state index contributed by atoms with van der Waals surface area (Å²) in [5.74, 6) is -0.160. The monoisotopic (exact) mass is 467 g/mol. The molecule has 0 unspecified atom stereocenters. The van der Waals surface area contributed by atoms with Crippen LogP contribution in [0.25, 0.3) is 11.3 Å². The molecule has 0 spiro atoms. The van der Waals surface area contributed by atoms with E-state index in [-0.39, 0.29) is 5.75 Å². The maximum Gasteiger partial charge on any atom is 0.573 e. The summed E-state index contributed by atoms with van der Waals surface area (Å²) in [6.45, 7) is 1.87. The second kappa shape index (κ2) is 10.4. The van der Waals surface area contributed by atoms with Gasteiger partial charge in [0.05, 0.1) is 17.3 Å². The van der Waals surface area contributed by atoms with Crippen LogP contribution in [-0.2, 0) is 11.2 Å². The third kappa shape index (κ3) is 7.16. The van der Waals surface area contributed by atoms with Crippen molar-refractivity contribution in [1.82, 2.24) is 4.98 Å². The molecule has 3 aromatic rings. The van der Waals surface area contributed by atoms with E-state index in [1.54, 1.807) is 18.2 Å². The first kappa shape index (κ1) is 23.4. The molecule has 1 N–H and O–H groups in total. The Kier molecular flexibility index (Phi) is 7.57. The van der Waals surface area contributed by atoms with Gasteiger partial charge >= 0.3 is 12.3 Å². The molecule has 0 saturated heterocycles. The highest BCUT2D eigenvalue weighted by molar-refractivity contribution is 7.09. The van der Waals surface area contributed by atoms with Gasteiger partial charge in [-0.2, -0.15) is 0 Å². The molecule has 1 aromatic heterocycles. The number of hydrogen-bond donors (Lipinski definition) is 1. The zero-order valence-corrected chi connectivity index (χ0v) is 17.8. The van der Waals surface area contributed by atoms with Gasteiger partial charge in [0.15, 0.2) is 6.61 Å². The molecule has 6 nitrogen and oxygen atoms in total. The Balaban J connectivity index is 1.46. The molecule has 0 saturated carbocycles. The molecule has 2 aromatic carbocycles. The molecule has 0 atom stereocenters. The van der Waals surface area contributed by atoms with Crippen LogP contribution in [0.3, 0.4) is 0 Å². The standard InChI is InChI=1S/C22H20F3NO5S/c1-14-11-17(8-9-19(14)30-12-21(27)28)29-10-2-3-20-26-18(13-32-20)15-4-6-16(7-5-15)31-22(23,24)25/h4-9,11,13H,2-3,10,12H2,1H3,(H,27,28). The number of carboxylic acids is 1. The summed E-state index contributed by atoms with van der Waals surface area (Å²) in [6.07, 6.45) is -3.30. The Labute approximate surface area is 186 Å². The lowest BCUT2D eigenvalue weighted by Crippen LogP contribution is -2.16. The van der Waals surface area contributed by atoms with Crippen molar-refractivity contribution < 1.29 is 37.3 Å². The quantitative estimate of drug-likeness (QED) is 0.397. The SMILES string of the molecule is Cc1cc(OCCCc2nc(-c3ccc(OC(F)(F)F)cc3)cs2)ccc1OCC(=O)O. The van der Waals surface area contributed by atoms with Gasteiger partial charge in [0.2, 0.25) is 0 Å². The number of aryl methyl sites for hydroxylation is 2. The smallest absolute Gasteiger partial charge is 0.494 e. The minimum atomic E-state index is -4.72. The topological polar surface area (TPSA) is 77.9 Å². The first-order chi connectivity index (χ1) is 15.2. The minimum Gasteiger partial charge on any atom is -0.494 e. The highest BCUT2D eigenvalue weighted by atomic mass is 32.1. The normalized spacial score (nSPS) is 11.2. The van der Waals surface area contributed by atoms with Crippen molar-refractivity contribution in [3.05, 3.63) is 58.4 Å². The Morgan fingerprint density at radius 1 is 1.09 bits per heavy atom. The molecule has 0 aliphatic heterocycles. The van der Waals surface area contributed by atoms with E-state index < -0.39 is 18.9 Å². The van der Waals surface area contributed by atoms with E-state index in [2.05, 4.69) is 9.72 Å². The van der Waals surface area contributed by atoms with Crippen LogP contribution < -0.4 is 14.2 Å². The molecule has 0 aliphatic carbocycles. The molecule has 32 heavy (non-hydrogen) atoms. The van der Waals surface area contributed by atoms with Gasteiger partial charge in [-0.25, -0.2) is 9.78 Å². The van der Waals surface area contributed by atoms with Crippen LogP contribution in [0.4, 0.5) is 13.2 Å². The number of aromatic nitrogens is 1. The predicted octanol–water partition coefficient (Wildman–Crippen LogP) is 5.49. The van der Waals surface area contributed by atoms with Crippen molar-refractivity contribution in [3.8, 4) is 28.5 Å². The second-order valence-corrected chi connectivity index (χ2v) is 7.70. The summed E-state index contributed by atoms with van der Waals surface area (Å²) in [5.41, 5.74) is 2.18. The molecular formula is C22H20F3NO5S. The van der Waals surface area contributed by atoms with Gasteiger partial charge in [0.25, 0.3) is 0 Å². The van der Waals surface area contributed by atoms with E-state index in [4.69, 9.17) is 14.6 Å². The third-order valence-electron chi connectivity index (χ3n) is 4.24. The molecule has 0 radical (unpaired) electrons. The van der Waals surface area contributed by atoms with Crippen molar-refractivity contribution in [2.75, 3.05) is 13.2 Å². The fourth-order valence-electron chi connectivity index (χ4n) is 2.81. The Bertz CT molecular complexity index is 1050. The zero-order valence-electron chi connectivity index (χ0n) is 17.0. The van der Waals surface area contributed by atoms with E-state index in [1.165, 1.54) is 35.6 Å². The van der Waals surface area contributed by atoms with Crippen LogP contribution in [0.1, 0.15) is 17.0 Å². The van der Waals surface area contributed by atoms with Gasteiger partial charge in [-0.1, -0.05) is 0 Å². The van der Waals surface area contributed by atoms with Crippen LogP contribution in [0.15, 0.2) is 47.8 Å². The van der Waals surface area contributed by atoms with Gasteiger partial charge in [0, 0.05) is 17.4 Å². The van der Waals surface area contributed by atoms with Crippen LogP contribution in [0.5, 0.6) is 17.2 Å². The third-order valence-corrected chi connectivity index (χ3v) is 5.15. The van der Waals surface area contributed by atoms with Crippen LogP contribution in [-0.4, -0.2) is 35.6 Å². The Hall–Kier alpha value is -3.27. The lowest BCUT2D eigenvalue weighted by molar-refractivity contribution is -0.274. The molecule has 3 rings (SSSR count). The summed E-state index contributed by atoms with van der Waals surface area (Å²) < 4.78 is 51.5. The molecule has 0 bridgehead atoms. The highest BCUT2D eigenvalue weighted by Gasteiger charge is 2.31. The number of hydrogen-bond acceptors (Lipinski definition) is 6. The summed E-state index contributed by atoms with van der Waals surface area (Å²) >= 11 is 1.47. The van der Waals surface area contributed by atoms with Crippen molar-refractivity contribution >= 4 is 17.3 Å². The first-order valence-electron chi connectivity index (χ1n) is 9.58. The number of aliphatic carboxylic acids is 1. The number of carboxylic acid groups (broad SMARTS) is 1. The number of alkyl halides is 3. The molecule has 0 amide bonds. The minimum absolute atomic E-state index is 0.273. The van der Waals surface area contributed by atoms with E-state index >= 15 is 0 Å². The molecule has 170 valence electrons. The maximum atomic E-state index is 12.3. The van der Waals surface area contributed by atoms with Gasteiger partial charge in [0.1, 0.15) is 17.2 Å². The van der Waals surface area contributed by atoms with Crippen molar-refractivity contribution in [3.63, 3.8) is 0 Å². The lowest BCUT2D eigenvalue weighted by atomic mass is 10.2. The van der Waals surface area contributed by atoms with Gasteiger partial charge in [-0.15, -0.1) is 24.5 Å². The van der Waals surface area contributed by atoms with Crippen molar-refractivity contribution in [2.45, 2.75) is 26.1 Å². The number of carbonyl (C=O) groups is 1. The molecular weight excluding hydrogens is 447 g/mol.